The summed E-state index contributed by atoms with van der Waals surface area (Å²) >= 11 is 0. The Morgan fingerprint density at radius 2 is 1.37 bits per heavy atom. The van der Waals surface area contributed by atoms with Gasteiger partial charge >= 0.3 is 0 Å². The molecule has 0 atom stereocenters. The van der Waals surface area contributed by atoms with Crippen molar-refractivity contribution in [2.75, 3.05) is 0 Å². The Balaban J connectivity index is 2.33. The predicted octanol–water partition coefficient (Wildman–Crippen LogP) is 4.18. The highest BCUT2D eigenvalue weighted by Gasteiger charge is 2.22. The Labute approximate surface area is 114 Å². The Hall–Kier alpha value is -2.27. The molecule has 0 aliphatic heterocycles. The van der Waals surface area contributed by atoms with Crippen LogP contribution in [0.2, 0.25) is 0 Å². The van der Waals surface area contributed by atoms with Crippen molar-refractivity contribution in [3.8, 4) is 12.0 Å². The van der Waals surface area contributed by atoms with Gasteiger partial charge in [0.25, 0.3) is 6.26 Å². The summed E-state index contributed by atoms with van der Waals surface area (Å²) in [6.07, 6.45) is 1.68. The standard InChI is InChI=1S/C17H17NO/c1-13-4-6-14(7-5-13)17(2,3)15-8-10-16(11-9-15)19-12-18/h4-11H,1-3H3. The van der Waals surface area contributed by atoms with Crippen molar-refractivity contribution >= 4 is 0 Å². The molecule has 0 aliphatic rings. The van der Waals surface area contributed by atoms with E-state index >= 15 is 0 Å². The molecular weight excluding hydrogens is 234 g/mol. The quantitative estimate of drug-likeness (QED) is 0.767. The molecule has 0 unspecified atom stereocenters. The second-order valence-corrected chi connectivity index (χ2v) is 5.21. The molecule has 0 saturated carbocycles. The van der Waals surface area contributed by atoms with Gasteiger partial charge in [0, 0.05) is 5.41 Å². The molecule has 19 heavy (non-hydrogen) atoms. The molecule has 0 radical (unpaired) electrons. The number of hydrogen-bond donors (Lipinski definition) is 0. The first-order valence-corrected chi connectivity index (χ1v) is 6.27. The maximum Gasteiger partial charge on any atom is 0.292 e. The molecule has 0 aromatic heterocycles. The van der Waals surface area contributed by atoms with Gasteiger partial charge in [0.2, 0.25) is 0 Å². The first-order chi connectivity index (χ1) is 9.04. The predicted molar refractivity (Wildman–Crippen MR) is 76.0 cm³/mol. The Morgan fingerprint density at radius 3 is 1.84 bits per heavy atom. The fraction of sp³-hybridized carbons (Fsp3) is 0.235. The lowest BCUT2D eigenvalue weighted by atomic mass is 9.78. The lowest BCUT2D eigenvalue weighted by Crippen LogP contribution is -2.18. The summed E-state index contributed by atoms with van der Waals surface area (Å²) in [6, 6.07) is 16.3. The van der Waals surface area contributed by atoms with Crippen LogP contribution in [0.4, 0.5) is 0 Å². The summed E-state index contributed by atoms with van der Waals surface area (Å²) in [5.74, 6) is 0.575. The molecule has 2 aromatic rings. The van der Waals surface area contributed by atoms with Gasteiger partial charge in [0.1, 0.15) is 5.75 Å². The topological polar surface area (TPSA) is 33.0 Å². The van der Waals surface area contributed by atoms with E-state index < -0.39 is 0 Å². The molecule has 0 spiro atoms. The van der Waals surface area contributed by atoms with E-state index in [-0.39, 0.29) is 5.41 Å². The lowest BCUT2D eigenvalue weighted by Gasteiger charge is -2.26. The molecule has 0 amide bonds. The van der Waals surface area contributed by atoms with Crippen LogP contribution < -0.4 is 4.74 Å². The van der Waals surface area contributed by atoms with E-state index in [9.17, 15) is 0 Å². The van der Waals surface area contributed by atoms with Gasteiger partial charge in [-0.05, 0) is 30.2 Å². The number of nitrogens with zero attached hydrogens (tertiary/aromatic N) is 1. The number of benzene rings is 2. The van der Waals surface area contributed by atoms with Gasteiger partial charge in [-0.25, -0.2) is 0 Å². The van der Waals surface area contributed by atoms with Crippen molar-refractivity contribution in [2.45, 2.75) is 26.2 Å². The summed E-state index contributed by atoms with van der Waals surface area (Å²) in [7, 11) is 0. The second kappa shape index (κ2) is 5.16. The maximum atomic E-state index is 8.48. The summed E-state index contributed by atoms with van der Waals surface area (Å²) in [4.78, 5) is 0. The smallest absolute Gasteiger partial charge is 0.292 e. The normalized spacial score (nSPS) is 10.8. The summed E-state index contributed by atoms with van der Waals surface area (Å²) in [5.41, 5.74) is 3.66. The number of aryl methyl sites for hydroxylation is 1. The molecular formula is C17H17NO. The van der Waals surface area contributed by atoms with Gasteiger partial charge in [0.05, 0.1) is 0 Å². The van der Waals surface area contributed by atoms with Gasteiger partial charge in [0.15, 0.2) is 0 Å². The van der Waals surface area contributed by atoms with Crippen LogP contribution in [0, 0.1) is 18.4 Å². The van der Waals surface area contributed by atoms with Crippen LogP contribution in [0.15, 0.2) is 48.5 Å². The van der Waals surface area contributed by atoms with Gasteiger partial charge in [-0.1, -0.05) is 55.8 Å². The van der Waals surface area contributed by atoms with Crippen LogP contribution in [-0.2, 0) is 5.41 Å². The second-order valence-electron chi connectivity index (χ2n) is 5.21. The molecule has 0 heterocycles. The van der Waals surface area contributed by atoms with Gasteiger partial charge in [-0.2, -0.15) is 0 Å². The SMILES string of the molecule is Cc1ccc(C(C)(C)c2ccc(OC#N)cc2)cc1. The van der Waals surface area contributed by atoms with Crippen molar-refractivity contribution in [3.05, 3.63) is 65.2 Å². The van der Waals surface area contributed by atoms with Crippen LogP contribution in [0.5, 0.6) is 5.75 Å². The van der Waals surface area contributed by atoms with E-state index in [0.717, 1.165) is 0 Å². The zero-order valence-corrected chi connectivity index (χ0v) is 11.5. The monoisotopic (exact) mass is 251 g/mol. The van der Waals surface area contributed by atoms with E-state index in [2.05, 4.69) is 45.0 Å². The van der Waals surface area contributed by atoms with Crippen LogP contribution >= 0.6 is 0 Å². The molecule has 0 fully saturated rings. The Bertz CT molecular complexity index is 589. The molecule has 0 N–H and O–H groups in total. The van der Waals surface area contributed by atoms with Crippen molar-refractivity contribution in [3.63, 3.8) is 0 Å². The zero-order valence-electron chi connectivity index (χ0n) is 11.5. The number of nitriles is 1. The average Bonchev–Trinajstić information content (AvgIpc) is 2.40. The molecule has 96 valence electrons. The largest absolute Gasteiger partial charge is 0.388 e. The highest BCUT2D eigenvalue weighted by Crippen LogP contribution is 2.32. The van der Waals surface area contributed by atoms with Crippen molar-refractivity contribution in [1.29, 1.82) is 5.26 Å². The molecule has 2 aromatic carbocycles. The van der Waals surface area contributed by atoms with Crippen LogP contribution in [0.1, 0.15) is 30.5 Å². The van der Waals surface area contributed by atoms with Crippen LogP contribution in [-0.4, -0.2) is 0 Å². The minimum atomic E-state index is -0.0706. The Kier molecular flexibility index (Phi) is 3.57. The minimum Gasteiger partial charge on any atom is -0.388 e. The Morgan fingerprint density at radius 1 is 0.895 bits per heavy atom. The molecule has 0 bridgehead atoms. The number of hydrogen-bond acceptors (Lipinski definition) is 2. The zero-order chi connectivity index (χ0) is 13.9. The van der Waals surface area contributed by atoms with E-state index in [4.69, 9.17) is 10.00 Å². The summed E-state index contributed by atoms with van der Waals surface area (Å²) in [6.45, 7) is 6.47. The van der Waals surface area contributed by atoms with E-state index in [1.54, 1.807) is 6.26 Å². The highest BCUT2D eigenvalue weighted by molar-refractivity contribution is 5.40. The first kappa shape index (κ1) is 13.2. The van der Waals surface area contributed by atoms with Gasteiger partial charge < -0.3 is 4.74 Å². The minimum absolute atomic E-state index is 0.0706. The molecule has 0 saturated heterocycles. The van der Waals surface area contributed by atoms with Gasteiger partial charge in [-0.3, -0.25) is 0 Å². The molecule has 2 rings (SSSR count). The van der Waals surface area contributed by atoms with Crippen molar-refractivity contribution in [2.24, 2.45) is 0 Å². The van der Waals surface area contributed by atoms with Gasteiger partial charge in [-0.15, -0.1) is 5.26 Å². The van der Waals surface area contributed by atoms with E-state index in [1.165, 1.54) is 16.7 Å². The first-order valence-electron chi connectivity index (χ1n) is 6.27. The number of ether oxygens (including phenoxy) is 1. The van der Waals surface area contributed by atoms with Crippen LogP contribution in [0.25, 0.3) is 0 Å². The summed E-state index contributed by atoms with van der Waals surface area (Å²) < 4.78 is 4.80. The van der Waals surface area contributed by atoms with Crippen molar-refractivity contribution < 1.29 is 4.74 Å². The third-order valence-electron chi connectivity index (χ3n) is 3.51. The third kappa shape index (κ3) is 2.77. The van der Waals surface area contributed by atoms with Crippen molar-refractivity contribution in [1.82, 2.24) is 0 Å². The van der Waals surface area contributed by atoms with E-state index in [1.807, 2.05) is 24.3 Å². The highest BCUT2D eigenvalue weighted by atomic mass is 16.5. The van der Waals surface area contributed by atoms with Crippen LogP contribution in [0.3, 0.4) is 0 Å². The molecule has 2 heteroatoms. The third-order valence-corrected chi connectivity index (χ3v) is 3.51. The lowest BCUT2D eigenvalue weighted by molar-refractivity contribution is 0.506. The molecule has 0 aliphatic carbocycles. The maximum absolute atomic E-state index is 8.48. The fourth-order valence-corrected chi connectivity index (χ4v) is 2.13. The number of rotatable bonds is 3. The fourth-order valence-electron chi connectivity index (χ4n) is 2.13. The average molecular weight is 251 g/mol. The summed E-state index contributed by atoms with van der Waals surface area (Å²) in [5, 5.41) is 8.48. The van der Waals surface area contributed by atoms with E-state index in [0.29, 0.717) is 5.75 Å². The molecule has 2 nitrogen and oxygen atoms in total.